The van der Waals surface area contributed by atoms with Crippen molar-refractivity contribution in [3.8, 4) is 0 Å². The van der Waals surface area contributed by atoms with Crippen LogP contribution in [0.2, 0.25) is 0 Å². The van der Waals surface area contributed by atoms with E-state index in [1.807, 2.05) is 23.1 Å². The molecule has 0 aromatic carbocycles. The van der Waals surface area contributed by atoms with Gasteiger partial charge < -0.3 is 19.3 Å². The average Bonchev–Trinajstić information content (AvgIpc) is 3.45. The Morgan fingerprint density at radius 1 is 1.26 bits per heavy atom. The smallest absolute Gasteiger partial charge is 0.228 e. The quantitative estimate of drug-likeness (QED) is 0.715. The van der Waals surface area contributed by atoms with Crippen molar-refractivity contribution in [1.82, 2.24) is 14.8 Å². The molecular formula is C20H27N3O4. The lowest BCUT2D eigenvalue weighted by Crippen LogP contribution is -2.49. The van der Waals surface area contributed by atoms with Crippen LogP contribution in [0.15, 0.2) is 24.4 Å². The van der Waals surface area contributed by atoms with Crippen LogP contribution in [0.3, 0.4) is 0 Å². The van der Waals surface area contributed by atoms with Crippen LogP contribution in [0.4, 0.5) is 0 Å². The summed E-state index contributed by atoms with van der Waals surface area (Å²) in [5.74, 6) is 0.534. The fraction of sp³-hybridized carbons (Fsp3) is 0.650. The molecule has 3 fully saturated rings. The van der Waals surface area contributed by atoms with E-state index in [2.05, 4.69) is 4.98 Å². The first-order valence-corrected chi connectivity index (χ1v) is 9.85. The molecular weight excluding hydrogens is 346 g/mol. The van der Waals surface area contributed by atoms with Crippen molar-refractivity contribution in [2.45, 2.75) is 31.9 Å². The van der Waals surface area contributed by atoms with E-state index >= 15 is 0 Å². The Balaban J connectivity index is 1.27. The number of likely N-dealkylation sites (tertiary alicyclic amines) is 1. The number of amides is 2. The molecule has 7 nitrogen and oxygen atoms in total. The van der Waals surface area contributed by atoms with Crippen molar-refractivity contribution in [2.24, 2.45) is 11.8 Å². The van der Waals surface area contributed by atoms with E-state index in [1.165, 1.54) is 12.8 Å². The van der Waals surface area contributed by atoms with E-state index in [4.69, 9.17) is 9.47 Å². The molecule has 2 atom stereocenters. The second-order valence-electron chi connectivity index (χ2n) is 7.75. The number of aromatic nitrogens is 1. The van der Waals surface area contributed by atoms with Crippen LogP contribution in [0, 0.1) is 11.8 Å². The molecule has 3 heterocycles. The van der Waals surface area contributed by atoms with Gasteiger partial charge >= 0.3 is 0 Å². The van der Waals surface area contributed by atoms with Crippen molar-refractivity contribution in [3.63, 3.8) is 0 Å². The molecule has 0 N–H and O–H groups in total. The maximum atomic E-state index is 12.9. The molecule has 2 saturated heterocycles. The predicted molar refractivity (Wildman–Crippen MR) is 97.6 cm³/mol. The Morgan fingerprint density at radius 2 is 2.15 bits per heavy atom. The number of carbonyl (C=O) groups excluding carboxylic acids is 2. The van der Waals surface area contributed by atoms with Gasteiger partial charge in [-0.1, -0.05) is 6.07 Å². The van der Waals surface area contributed by atoms with Gasteiger partial charge in [0.05, 0.1) is 37.5 Å². The SMILES string of the molecule is O=C1CC(C(=O)N2CCOC(COCC3CC3)C2)CN1Cc1ccccn1. The molecule has 3 aliphatic rings. The molecule has 146 valence electrons. The average molecular weight is 373 g/mol. The fourth-order valence-corrected chi connectivity index (χ4v) is 3.71. The molecule has 0 bridgehead atoms. The zero-order valence-corrected chi connectivity index (χ0v) is 15.6. The minimum Gasteiger partial charge on any atom is -0.378 e. The van der Waals surface area contributed by atoms with Crippen molar-refractivity contribution >= 4 is 11.8 Å². The van der Waals surface area contributed by atoms with E-state index < -0.39 is 0 Å². The Hall–Kier alpha value is -1.99. The van der Waals surface area contributed by atoms with Crippen LogP contribution in [-0.4, -0.2) is 72.2 Å². The second-order valence-corrected chi connectivity index (χ2v) is 7.75. The van der Waals surface area contributed by atoms with Gasteiger partial charge in [-0.15, -0.1) is 0 Å². The summed E-state index contributed by atoms with van der Waals surface area (Å²) in [6.07, 6.45) is 4.47. The minimum atomic E-state index is -0.271. The molecule has 4 rings (SSSR count). The summed E-state index contributed by atoms with van der Waals surface area (Å²) < 4.78 is 11.5. The highest BCUT2D eigenvalue weighted by Crippen LogP contribution is 2.29. The zero-order valence-electron chi connectivity index (χ0n) is 15.6. The van der Waals surface area contributed by atoms with Gasteiger partial charge in [-0.25, -0.2) is 0 Å². The Bertz CT molecular complexity index is 664. The molecule has 1 aliphatic carbocycles. The molecule has 0 spiro atoms. The molecule has 2 unspecified atom stereocenters. The Morgan fingerprint density at radius 3 is 2.93 bits per heavy atom. The van der Waals surface area contributed by atoms with Crippen molar-refractivity contribution in [1.29, 1.82) is 0 Å². The minimum absolute atomic E-state index is 0.0246. The number of morpholine rings is 1. The number of rotatable bonds is 7. The summed E-state index contributed by atoms with van der Waals surface area (Å²) in [7, 11) is 0. The fourth-order valence-electron chi connectivity index (χ4n) is 3.71. The van der Waals surface area contributed by atoms with Crippen LogP contribution in [-0.2, 0) is 25.6 Å². The third-order valence-electron chi connectivity index (χ3n) is 5.45. The van der Waals surface area contributed by atoms with Gasteiger partial charge in [-0.05, 0) is 30.9 Å². The Labute approximate surface area is 159 Å². The van der Waals surface area contributed by atoms with E-state index in [-0.39, 0.29) is 30.3 Å². The molecule has 1 aromatic heterocycles. The molecule has 2 aliphatic heterocycles. The standard InChI is InChI=1S/C20H27N3O4/c24-19-9-16(10-23(19)11-17-3-1-2-6-21-17)20(25)22-7-8-27-18(12-22)14-26-13-15-4-5-15/h1-3,6,15-16,18H,4-5,7-14H2. The van der Waals surface area contributed by atoms with Gasteiger partial charge in [0.15, 0.2) is 0 Å². The lowest BCUT2D eigenvalue weighted by atomic mass is 10.1. The monoisotopic (exact) mass is 373 g/mol. The topological polar surface area (TPSA) is 72.0 Å². The Kier molecular flexibility index (Phi) is 5.69. The molecule has 7 heteroatoms. The second kappa shape index (κ2) is 8.35. The third kappa shape index (κ3) is 4.84. The summed E-state index contributed by atoms with van der Waals surface area (Å²) in [6, 6.07) is 5.66. The molecule has 2 amide bonds. The number of pyridine rings is 1. The van der Waals surface area contributed by atoms with Crippen molar-refractivity contribution < 1.29 is 19.1 Å². The highest BCUT2D eigenvalue weighted by atomic mass is 16.5. The maximum Gasteiger partial charge on any atom is 0.228 e. The van der Waals surface area contributed by atoms with Gasteiger partial charge in [0.1, 0.15) is 0 Å². The van der Waals surface area contributed by atoms with Crippen LogP contribution in [0.25, 0.3) is 0 Å². The van der Waals surface area contributed by atoms with E-state index in [9.17, 15) is 9.59 Å². The number of ether oxygens (including phenoxy) is 2. The highest BCUT2D eigenvalue weighted by molar-refractivity contribution is 5.89. The number of carbonyl (C=O) groups is 2. The molecule has 0 radical (unpaired) electrons. The largest absolute Gasteiger partial charge is 0.378 e. The molecule has 27 heavy (non-hydrogen) atoms. The molecule has 1 aromatic rings. The van der Waals surface area contributed by atoms with E-state index in [0.717, 1.165) is 18.2 Å². The first kappa shape index (κ1) is 18.4. The lowest BCUT2D eigenvalue weighted by Gasteiger charge is -2.34. The summed E-state index contributed by atoms with van der Waals surface area (Å²) in [6.45, 7) is 3.93. The summed E-state index contributed by atoms with van der Waals surface area (Å²) in [4.78, 5) is 33.1. The lowest BCUT2D eigenvalue weighted by molar-refractivity contribution is -0.145. The normalized spacial score (nSPS) is 25.9. The van der Waals surface area contributed by atoms with E-state index in [1.54, 1.807) is 11.1 Å². The third-order valence-corrected chi connectivity index (χ3v) is 5.45. The zero-order chi connectivity index (χ0) is 18.6. The van der Waals surface area contributed by atoms with Gasteiger partial charge in [0, 0.05) is 38.9 Å². The molecule has 1 saturated carbocycles. The number of hydrogen-bond donors (Lipinski definition) is 0. The highest BCUT2D eigenvalue weighted by Gasteiger charge is 2.38. The predicted octanol–water partition coefficient (Wildman–Crippen LogP) is 1.08. The van der Waals surface area contributed by atoms with Crippen LogP contribution >= 0.6 is 0 Å². The van der Waals surface area contributed by atoms with Gasteiger partial charge in [0.2, 0.25) is 11.8 Å². The summed E-state index contributed by atoms with van der Waals surface area (Å²) in [5, 5.41) is 0. The number of hydrogen-bond acceptors (Lipinski definition) is 5. The van der Waals surface area contributed by atoms with Crippen molar-refractivity contribution in [3.05, 3.63) is 30.1 Å². The van der Waals surface area contributed by atoms with Crippen LogP contribution in [0.1, 0.15) is 25.0 Å². The van der Waals surface area contributed by atoms with Crippen LogP contribution < -0.4 is 0 Å². The van der Waals surface area contributed by atoms with Crippen molar-refractivity contribution in [2.75, 3.05) is 39.5 Å². The maximum absolute atomic E-state index is 12.9. The van der Waals surface area contributed by atoms with Gasteiger partial charge in [-0.3, -0.25) is 14.6 Å². The summed E-state index contributed by atoms with van der Waals surface area (Å²) >= 11 is 0. The first-order chi connectivity index (χ1) is 13.2. The summed E-state index contributed by atoms with van der Waals surface area (Å²) in [5.41, 5.74) is 0.846. The van der Waals surface area contributed by atoms with Gasteiger partial charge in [0.25, 0.3) is 0 Å². The van der Waals surface area contributed by atoms with Gasteiger partial charge in [-0.2, -0.15) is 0 Å². The van der Waals surface area contributed by atoms with E-state index in [0.29, 0.717) is 39.4 Å². The first-order valence-electron chi connectivity index (χ1n) is 9.85. The van der Waals surface area contributed by atoms with Crippen LogP contribution in [0.5, 0.6) is 0 Å². The number of nitrogens with zero attached hydrogens (tertiary/aromatic N) is 3.